The monoisotopic (exact) mass is 170 g/mol. The number of rotatable bonds is 0. The Balaban J connectivity index is 2.16. The van der Waals surface area contributed by atoms with E-state index in [1.165, 1.54) is 6.42 Å². The van der Waals surface area contributed by atoms with Crippen LogP contribution in [-0.4, -0.2) is 21.4 Å². The minimum absolute atomic E-state index is 0.537. The Morgan fingerprint density at radius 3 is 2.67 bits per heavy atom. The van der Waals surface area contributed by atoms with Gasteiger partial charge in [-0.25, -0.2) is 0 Å². The van der Waals surface area contributed by atoms with Gasteiger partial charge in [0.25, 0.3) is 0 Å². The summed E-state index contributed by atoms with van der Waals surface area (Å²) in [6, 6.07) is 0. The minimum atomic E-state index is -0.613. The van der Waals surface area contributed by atoms with E-state index >= 15 is 0 Å². The molecule has 0 saturated heterocycles. The summed E-state index contributed by atoms with van der Waals surface area (Å²) in [6.07, 6.45) is 5.60. The number of hydrogen-bond donors (Lipinski definition) is 2. The molecule has 0 radical (unpaired) electrons. The van der Waals surface area contributed by atoms with Gasteiger partial charge in [0.2, 0.25) is 0 Å². The molecule has 1 unspecified atom stereocenters. The second-order valence-corrected chi connectivity index (χ2v) is 5.06. The van der Waals surface area contributed by atoms with Crippen molar-refractivity contribution in [3.8, 4) is 0 Å². The van der Waals surface area contributed by atoms with Gasteiger partial charge in [0.1, 0.15) is 0 Å². The molecule has 2 bridgehead atoms. The van der Waals surface area contributed by atoms with Crippen molar-refractivity contribution in [1.82, 2.24) is 0 Å². The summed E-state index contributed by atoms with van der Waals surface area (Å²) < 4.78 is 0. The van der Waals surface area contributed by atoms with Crippen LogP contribution in [-0.2, 0) is 0 Å². The first kappa shape index (κ1) is 8.52. The van der Waals surface area contributed by atoms with Crippen LogP contribution in [0.5, 0.6) is 0 Å². The molecule has 2 heteroatoms. The minimum Gasteiger partial charge on any atom is -0.390 e. The third-order valence-electron chi connectivity index (χ3n) is 3.36. The number of fused-ring (bicyclic) bond motifs is 2. The smallest absolute Gasteiger partial charge is 0.0677 e. The summed E-state index contributed by atoms with van der Waals surface area (Å²) >= 11 is 0. The van der Waals surface area contributed by atoms with Gasteiger partial charge >= 0.3 is 0 Å². The van der Waals surface area contributed by atoms with Gasteiger partial charge in [-0.3, -0.25) is 0 Å². The quantitative estimate of drug-likeness (QED) is 0.577. The van der Waals surface area contributed by atoms with Gasteiger partial charge in [-0.1, -0.05) is 12.8 Å². The number of hydrogen-bond acceptors (Lipinski definition) is 2. The Morgan fingerprint density at radius 1 is 1.25 bits per heavy atom. The van der Waals surface area contributed by atoms with E-state index in [2.05, 4.69) is 0 Å². The molecular weight excluding hydrogens is 152 g/mol. The summed E-state index contributed by atoms with van der Waals surface area (Å²) in [6.45, 7) is 1.86. The van der Waals surface area contributed by atoms with Crippen molar-refractivity contribution >= 4 is 0 Å². The fraction of sp³-hybridized carbons (Fsp3) is 1.00. The van der Waals surface area contributed by atoms with Crippen LogP contribution in [0.25, 0.3) is 0 Å². The van der Waals surface area contributed by atoms with Crippen molar-refractivity contribution in [1.29, 1.82) is 0 Å². The SMILES string of the molecule is C[C@]1(O)CC2CCC[C@@](O)(C2)C1. The molecule has 0 aromatic heterocycles. The lowest BCUT2D eigenvalue weighted by atomic mass is 9.64. The van der Waals surface area contributed by atoms with E-state index in [1.54, 1.807) is 0 Å². The Bertz CT molecular complexity index is 186. The normalized spacial score (nSPS) is 53.8. The molecule has 2 aliphatic carbocycles. The maximum atomic E-state index is 10.1. The van der Waals surface area contributed by atoms with Crippen LogP contribution < -0.4 is 0 Å². The predicted octanol–water partition coefficient (Wildman–Crippen LogP) is 1.45. The first-order chi connectivity index (χ1) is 5.49. The molecule has 2 rings (SSSR count). The van der Waals surface area contributed by atoms with Crippen molar-refractivity contribution < 1.29 is 10.2 Å². The molecule has 2 nitrogen and oxygen atoms in total. The highest BCUT2D eigenvalue weighted by molar-refractivity contribution is 4.98. The molecule has 0 spiro atoms. The van der Waals surface area contributed by atoms with E-state index in [0.29, 0.717) is 12.3 Å². The van der Waals surface area contributed by atoms with E-state index in [0.717, 1.165) is 25.7 Å². The Kier molecular flexibility index (Phi) is 1.74. The van der Waals surface area contributed by atoms with Crippen LogP contribution in [0, 0.1) is 5.92 Å². The average Bonchev–Trinajstić information content (AvgIpc) is 1.79. The zero-order valence-electron chi connectivity index (χ0n) is 7.71. The zero-order valence-corrected chi connectivity index (χ0v) is 7.71. The highest BCUT2D eigenvalue weighted by Crippen LogP contribution is 2.46. The molecule has 2 fully saturated rings. The van der Waals surface area contributed by atoms with Gasteiger partial charge in [0, 0.05) is 6.42 Å². The summed E-state index contributed by atoms with van der Waals surface area (Å²) in [4.78, 5) is 0. The van der Waals surface area contributed by atoms with E-state index in [-0.39, 0.29) is 0 Å². The summed E-state index contributed by atoms with van der Waals surface area (Å²) in [5, 5.41) is 20.0. The lowest BCUT2D eigenvalue weighted by Gasteiger charge is -2.47. The molecule has 12 heavy (non-hydrogen) atoms. The number of aliphatic hydroxyl groups is 2. The molecule has 70 valence electrons. The first-order valence-corrected chi connectivity index (χ1v) is 4.94. The van der Waals surface area contributed by atoms with Crippen molar-refractivity contribution in [2.24, 2.45) is 5.92 Å². The molecule has 0 amide bonds. The van der Waals surface area contributed by atoms with E-state index in [9.17, 15) is 10.2 Å². The van der Waals surface area contributed by atoms with Crippen LogP contribution in [0.3, 0.4) is 0 Å². The molecule has 2 N–H and O–H groups in total. The molecule has 0 aromatic carbocycles. The van der Waals surface area contributed by atoms with E-state index in [4.69, 9.17) is 0 Å². The summed E-state index contributed by atoms with van der Waals surface area (Å²) in [5.41, 5.74) is -1.15. The molecule has 2 saturated carbocycles. The van der Waals surface area contributed by atoms with Crippen molar-refractivity contribution in [2.45, 2.75) is 56.7 Å². The van der Waals surface area contributed by atoms with Gasteiger partial charge in [-0.2, -0.15) is 0 Å². The molecular formula is C10H18O2. The Hall–Kier alpha value is -0.0800. The molecule has 0 aliphatic heterocycles. The predicted molar refractivity (Wildman–Crippen MR) is 46.8 cm³/mol. The van der Waals surface area contributed by atoms with Crippen LogP contribution in [0.1, 0.15) is 45.4 Å². The highest BCUT2D eigenvalue weighted by Gasteiger charge is 2.46. The second kappa shape index (κ2) is 2.46. The van der Waals surface area contributed by atoms with E-state index < -0.39 is 11.2 Å². The maximum absolute atomic E-state index is 10.1. The lowest BCUT2D eigenvalue weighted by molar-refractivity contribution is -0.131. The standard InChI is InChI=1S/C10H18O2/c1-9(11)5-8-3-2-4-10(12,6-8)7-9/h8,11-12H,2-7H2,1H3/t8?,9-,10+/m0/s1. The average molecular weight is 170 g/mol. The van der Waals surface area contributed by atoms with Crippen molar-refractivity contribution in [3.05, 3.63) is 0 Å². The second-order valence-electron chi connectivity index (χ2n) is 5.06. The van der Waals surface area contributed by atoms with Crippen molar-refractivity contribution in [2.75, 3.05) is 0 Å². The topological polar surface area (TPSA) is 40.5 Å². The summed E-state index contributed by atoms with van der Waals surface area (Å²) in [5.74, 6) is 0.562. The zero-order chi connectivity index (χ0) is 8.82. The van der Waals surface area contributed by atoms with Crippen LogP contribution in [0.4, 0.5) is 0 Å². The third-order valence-corrected chi connectivity index (χ3v) is 3.36. The molecule has 0 heterocycles. The fourth-order valence-corrected chi connectivity index (χ4v) is 3.20. The fourth-order valence-electron chi connectivity index (χ4n) is 3.20. The van der Waals surface area contributed by atoms with Gasteiger partial charge in [-0.15, -0.1) is 0 Å². The van der Waals surface area contributed by atoms with Crippen LogP contribution >= 0.6 is 0 Å². The van der Waals surface area contributed by atoms with Gasteiger partial charge in [0.05, 0.1) is 11.2 Å². The lowest BCUT2D eigenvalue weighted by Crippen LogP contribution is -2.49. The molecule has 2 aliphatic rings. The van der Waals surface area contributed by atoms with Gasteiger partial charge in [-0.05, 0) is 32.1 Å². The van der Waals surface area contributed by atoms with Crippen LogP contribution in [0.15, 0.2) is 0 Å². The highest BCUT2D eigenvalue weighted by atomic mass is 16.3. The summed E-state index contributed by atoms with van der Waals surface area (Å²) in [7, 11) is 0. The largest absolute Gasteiger partial charge is 0.390 e. The Morgan fingerprint density at radius 2 is 2.00 bits per heavy atom. The molecule has 0 aromatic rings. The first-order valence-electron chi connectivity index (χ1n) is 4.94. The van der Waals surface area contributed by atoms with Crippen LogP contribution in [0.2, 0.25) is 0 Å². The Labute approximate surface area is 73.6 Å². The maximum Gasteiger partial charge on any atom is 0.0677 e. The third kappa shape index (κ3) is 1.50. The van der Waals surface area contributed by atoms with Gasteiger partial charge in [0.15, 0.2) is 0 Å². The van der Waals surface area contributed by atoms with E-state index in [1.807, 2.05) is 6.92 Å². The van der Waals surface area contributed by atoms with Crippen molar-refractivity contribution in [3.63, 3.8) is 0 Å². The van der Waals surface area contributed by atoms with Gasteiger partial charge < -0.3 is 10.2 Å². The molecule has 3 atom stereocenters.